The van der Waals surface area contributed by atoms with Crippen molar-refractivity contribution in [2.75, 3.05) is 77.6 Å². The average molecular weight is 438 g/mol. The van der Waals surface area contributed by atoms with Gasteiger partial charge in [0.05, 0.1) is 13.2 Å². The van der Waals surface area contributed by atoms with Crippen LogP contribution in [0.2, 0.25) is 0 Å². The Morgan fingerprint density at radius 1 is 0.969 bits per heavy atom. The second-order valence-corrected chi connectivity index (χ2v) is 8.16. The highest BCUT2D eigenvalue weighted by molar-refractivity contribution is 5.80. The Kier molecular flexibility index (Phi) is 8.23. The second-order valence-electron chi connectivity index (χ2n) is 8.16. The van der Waals surface area contributed by atoms with Gasteiger partial charge in [0, 0.05) is 65.1 Å². The van der Waals surface area contributed by atoms with Gasteiger partial charge in [-0.15, -0.1) is 0 Å². The number of morpholine rings is 1. The fourth-order valence-electron chi connectivity index (χ4n) is 4.19. The zero-order valence-corrected chi connectivity index (χ0v) is 19.1. The number of piperazine rings is 1. The van der Waals surface area contributed by atoms with E-state index < -0.39 is 0 Å². The van der Waals surface area contributed by atoms with Crippen LogP contribution in [-0.4, -0.2) is 88.4 Å². The first-order valence-electron chi connectivity index (χ1n) is 11.6. The van der Waals surface area contributed by atoms with Gasteiger partial charge < -0.3 is 24.6 Å². The largest absolute Gasteiger partial charge is 0.492 e. The number of benzene rings is 2. The van der Waals surface area contributed by atoms with Crippen LogP contribution in [0.25, 0.3) is 0 Å². The summed E-state index contributed by atoms with van der Waals surface area (Å²) in [6, 6.07) is 19.0. The molecule has 0 aliphatic carbocycles. The lowest BCUT2D eigenvalue weighted by Gasteiger charge is -2.37. The minimum Gasteiger partial charge on any atom is -0.492 e. The van der Waals surface area contributed by atoms with E-state index in [1.165, 1.54) is 11.3 Å². The highest BCUT2D eigenvalue weighted by atomic mass is 16.5. The van der Waals surface area contributed by atoms with Crippen molar-refractivity contribution in [3.05, 3.63) is 60.2 Å². The number of anilines is 1. The Bertz CT molecular complexity index is 846. The first-order chi connectivity index (χ1) is 15.8. The quantitative estimate of drug-likeness (QED) is 0.530. The number of ether oxygens (including phenoxy) is 2. The summed E-state index contributed by atoms with van der Waals surface area (Å²) >= 11 is 0. The summed E-state index contributed by atoms with van der Waals surface area (Å²) in [7, 11) is 1.86. The van der Waals surface area contributed by atoms with Gasteiger partial charge in [-0.05, 0) is 29.8 Å². The molecule has 2 saturated heterocycles. The van der Waals surface area contributed by atoms with Crippen molar-refractivity contribution in [3.63, 3.8) is 0 Å². The summed E-state index contributed by atoms with van der Waals surface area (Å²) in [5.74, 6) is 1.88. The highest BCUT2D eigenvalue weighted by Gasteiger charge is 2.19. The number of guanidine groups is 1. The van der Waals surface area contributed by atoms with Crippen LogP contribution in [0.5, 0.6) is 5.75 Å². The Hall–Kier alpha value is -2.77. The summed E-state index contributed by atoms with van der Waals surface area (Å²) in [6.45, 7) is 9.91. The molecule has 0 saturated carbocycles. The van der Waals surface area contributed by atoms with Crippen LogP contribution >= 0.6 is 0 Å². The molecule has 0 amide bonds. The van der Waals surface area contributed by atoms with E-state index in [0.29, 0.717) is 6.61 Å². The van der Waals surface area contributed by atoms with Crippen molar-refractivity contribution in [2.45, 2.75) is 6.54 Å². The normalized spacial score (nSPS) is 18.0. The Morgan fingerprint density at radius 3 is 2.50 bits per heavy atom. The lowest BCUT2D eigenvalue weighted by Crippen LogP contribution is -2.52. The number of rotatable bonds is 7. The molecule has 0 spiro atoms. The maximum atomic E-state index is 6.00. The standard InChI is InChI=1S/C25H35N5O2/c1-26-25(30-12-10-29(11-13-30)23-7-3-2-4-8-23)27-21-22-6-5-9-24(20-22)32-19-16-28-14-17-31-18-15-28/h2-9,20H,10-19,21H2,1H3,(H,26,27). The molecule has 0 aromatic heterocycles. The molecule has 0 bridgehead atoms. The van der Waals surface area contributed by atoms with Gasteiger partial charge in [0.1, 0.15) is 12.4 Å². The van der Waals surface area contributed by atoms with Crippen molar-refractivity contribution < 1.29 is 9.47 Å². The fraction of sp³-hybridized carbons (Fsp3) is 0.480. The van der Waals surface area contributed by atoms with E-state index in [1.807, 2.05) is 13.1 Å². The molecule has 2 heterocycles. The third kappa shape index (κ3) is 6.37. The summed E-state index contributed by atoms with van der Waals surface area (Å²) in [5, 5.41) is 3.52. The third-order valence-electron chi connectivity index (χ3n) is 6.04. The highest BCUT2D eigenvalue weighted by Crippen LogP contribution is 2.16. The van der Waals surface area contributed by atoms with E-state index in [2.05, 4.69) is 73.5 Å². The summed E-state index contributed by atoms with van der Waals surface area (Å²) in [4.78, 5) is 11.7. The molecule has 2 aliphatic heterocycles. The molecule has 0 atom stereocenters. The molecule has 2 aliphatic rings. The van der Waals surface area contributed by atoms with Crippen LogP contribution in [0.15, 0.2) is 59.6 Å². The fourth-order valence-corrected chi connectivity index (χ4v) is 4.19. The molecular formula is C25H35N5O2. The zero-order chi connectivity index (χ0) is 22.0. The van der Waals surface area contributed by atoms with Gasteiger partial charge in [-0.2, -0.15) is 0 Å². The molecule has 4 rings (SSSR count). The van der Waals surface area contributed by atoms with Crippen LogP contribution in [-0.2, 0) is 11.3 Å². The molecule has 2 fully saturated rings. The van der Waals surface area contributed by atoms with Crippen LogP contribution < -0.4 is 15.0 Å². The smallest absolute Gasteiger partial charge is 0.194 e. The Labute approximate surface area is 191 Å². The first kappa shape index (κ1) is 22.4. The van der Waals surface area contributed by atoms with Crippen LogP contribution in [0, 0.1) is 0 Å². The summed E-state index contributed by atoms with van der Waals surface area (Å²) in [5.41, 5.74) is 2.48. The molecule has 7 nitrogen and oxygen atoms in total. The van der Waals surface area contributed by atoms with E-state index >= 15 is 0 Å². The Morgan fingerprint density at radius 2 is 1.75 bits per heavy atom. The number of hydrogen-bond donors (Lipinski definition) is 1. The topological polar surface area (TPSA) is 52.6 Å². The van der Waals surface area contributed by atoms with Crippen molar-refractivity contribution >= 4 is 11.6 Å². The summed E-state index contributed by atoms with van der Waals surface area (Å²) in [6.07, 6.45) is 0. The minimum atomic E-state index is 0.699. The van der Waals surface area contributed by atoms with Gasteiger partial charge in [0.2, 0.25) is 0 Å². The van der Waals surface area contributed by atoms with Crippen molar-refractivity contribution in [2.24, 2.45) is 4.99 Å². The van der Waals surface area contributed by atoms with Crippen molar-refractivity contribution in [1.29, 1.82) is 0 Å². The van der Waals surface area contributed by atoms with E-state index in [1.54, 1.807) is 0 Å². The minimum absolute atomic E-state index is 0.699. The maximum Gasteiger partial charge on any atom is 0.194 e. The molecular weight excluding hydrogens is 402 g/mol. The lowest BCUT2D eigenvalue weighted by atomic mass is 10.2. The Balaban J connectivity index is 1.22. The van der Waals surface area contributed by atoms with Crippen LogP contribution in [0.4, 0.5) is 5.69 Å². The molecule has 2 aromatic carbocycles. The maximum absolute atomic E-state index is 6.00. The summed E-state index contributed by atoms with van der Waals surface area (Å²) < 4.78 is 11.4. The molecule has 32 heavy (non-hydrogen) atoms. The van der Waals surface area contributed by atoms with Crippen LogP contribution in [0.1, 0.15) is 5.56 Å². The van der Waals surface area contributed by atoms with E-state index in [4.69, 9.17) is 9.47 Å². The SMILES string of the molecule is CN=C(NCc1cccc(OCCN2CCOCC2)c1)N1CCN(c2ccccc2)CC1. The molecule has 7 heteroatoms. The molecule has 2 aromatic rings. The van der Waals surface area contributed by atoms with E-state index in [-0.39, 0.29) is 0 Å². The van der Waals surface area contributed by atoms with Crippen molar-refractivity contribution in [3.8, 4) is 5.75 Å². The van der Waals surface area contributed by atoms with E-state index in [9.17, 15) is 0 Å². The lowest BCUT2D eigenvalue weighted by molar-refractivity contribution is 0.0322. The second kappa shape index (κ2) is 11.7. The number of aliphatic imine (C=N–C) groups is 1. The van der Waals surface area contributed by atoms with E-state index in [0.717, 1.165) is 77.3 Å². The number of nitrogens with zero attached hydrogens (tertiary/aromatic N) is 4. The zero-order valence-electron chi connectivity index (χ0n) is 19.1. The number of hydrogen-bond acceptors (Lipinski definition) is 5. The number of nitrogens with one attached hydrogen (secondary N) is 1. The first-order valence-corrected chi connectivity index (χ1v) is 11.6. The number of para-hydroxylation sites is 1. The molecule has 0 radical (unpaired) electrons. The average Bonchev–Trinajstić information content (AvgIpc) is 2.86. The van der Waals surface area contributed by atoms with Gasteiger partial charge >= 0.3 is 0 Å². The monoisotopic (exact) mass is 437 g/mol. The van der Waals surface area contributed by atoms with Gasteiger partial charge in [-0.3, -0.25) is 9.89 Å². The van der Waals surface area contributed by atoms with Crippen LogP contribution in [0.3, 0.4) is 0 Å². The third-order valence-corrected chi connectivity index (χ3v) is 6.04. The predicted octanol–water partition coefficient (Wildman–Crippen LogP) is 2.30. The predicted molar refractivity (Wildman–Crippen MR) is 130 cm³/mol. The molecule has 0 unspecified atom stereocenters. The van der Waals surface area contributed by atoms with Gasteiger partial charge in [-0.1, -0.05) is 30.3 Å². The van der Waals surface area contributed by atoms with Gasteiger partial charge in [0.15, 0.2) is 5.96 Å². The molecule has 172 valence electrons. The van der Waals surface area contributed by atoms with Gasteiger partial charge in [0.25, 0.3) is 0 Å². The van der Waals surface area contributed by atoms with Gasteiger partial charge in [-0.25, -0.2) is 0 Å². The molecule has 1 N–H and O–H groups in total. The van der Waals surface area contributed by atoms with Crippen molar-refractivity contribution in [1.82, 2.24) is 15.1 Å².